The highest BCUT2D eigenvalue weighted by molar-refractivity contribution is 8.77. The van der Waals surface area contributed by atoms with Crippen LogP contribution in [0.4, 0.5) is 5.69 Å². The van der Waals surface area contributed by atoms with Crippen molar-refractivity contribution in [1.29, 1.82) is 0 Å². The Bertz CT molecular complexity index is 4890. The molecule has 4 aliphatic heterocycles. The van der Waals surface area contributed by atoms with Gasteiger partial charge in [-0.25, -0.2) is 4.79 Å². The number of nitrogens with two attached hydrogens (primary N) is 2. The van der Waals surface area contributed by atoms with Crippen molar-refractivity contribution in [3.05, 3.63) is 154 Å². The Hall–Kier alpha value is -9.21. The Morgan fingerprint density at radius 1 is 0.791 bits per heavy atom. The minimum Gasteiger partial charge on any atom is -0.508 e. The topological polar surface area (TPSA) is 518 Å². The van der Waals surface area contributed by atoms with Crippen LogP contribution >= 0.6 is 54.8 Å². The molecular formula is C98H137ClN12O24S4. The average Bonchev–Trinajstić information content (AvgIpc) is 1.57. The summed E-state index contributed by atoms with van der Waals surface area (Å²) < 4.78 is 46.7. The van der Waals surface area contributed by atoms with Crippen molar-refractivity contribution in [2.24, 2.45) is 23.3 Å². The van der Waals surface area contributed by atoms with Crippen molar-refractivity contribution in [3.63, 3.8) is 0 Å². The van der Waals surface area contributed by atoms with Gasteiger partial charge in [0.1, 0.15) is 76.2 Å². The molecule has 1 aliphatic carbocycles. The fourth-order valence-electron chi connectivity index (χ4n) is 16.7. The van der Waals surface area contributed by atoms with E-state index in [0.717, 1.165) is 60.6 Å². The molecule has 0 aromatic heterocycles. The zero-order chi connectivity index (χ0) is 101. The summed E-state index contributed by atoms with van der Waals surface area (Å²) in [6, 6.07) is 16.3. The molecule has 5 aliphatic rings. The number of amides is 9. The van der Waals surface area contributed by atoms with Gasteiger partial charge in [-0.15, -0.1) is 0 Å². The van der Waals surface area contributed by atoms with Crippen LogP contribution in [-0.2, 0) is 116 Å². The molecule has 16 N–H and O–H groups in total. The Labute approximate surface area is 833 Å². The number of carbonyl (C=O) groups excluding carboxylic acids is 12. The van der Waals surface area contributed by atoms with Gasteiger partial charge in [0.2, 0.25) is 53.2 Å². The van der Waals surface area contributed by atoms with Crippen molar-refractivity contribution in [1.82, 2.24) is 47.4 Å². The molecule has 9 amide bonds. The van der Waals surface area contributed by atoms with Crippen molar-refractivity contribution in [3.8, 4) is 11.5 Å². The lowest BCUT2D eigenvalue weighted by atomic mass is 9.78. The summed E-state index contributed by atoms with van der Waals surface area (Å²) in [6.07, 6.45) is 2.37. The first-order valence-corrected chi connectivity index (χ1v) is 52.3. The third-order valence-corrected chi connectivity index (χ3v) is 30.3. The van der Waals surface area contributed by atoms with E-state index in [-0.39, 0.29) is 164 Å². The minimum absolute atomic E-state index is 0.00478. The number of nitrogens with one attached hydrogen (secondary N) is 8. The zero-order valence-electron chi connectivity index (χ0n) is 80.5. The van der Waals surface area contributed by atoms with Crippen molar-refractivity contribution >= 4 is 137 Å². The molecular weight excluding hydrogens is 1890 g/mol. The predicted molar refractivity (Wildman–Crippen MR) is 533 cm³/mol. The Balaban J connectivity index is 0.711. The molecule has 0 unspecified atom stereocenters. The molecule has 18 atom stereocenters. The first kappa shape index (κ1) is 113. The number of epoxide rings is 1. The quantitative estimate of drug-likeness (QED) is 0.0120. The minimum atomic E-state index is -1.73. The van der Waals surface area contributed by atoms with E-state index in [4.69, 9.17) is 61.0 Å². The first-order valence-electron chi connectivity index (χ1n) is 47.0. The number of ether oxygens (including phenoxy) is 8. The summed E-state index contributed by atoms with van der Waals surface area (Å²) >= 11 is 6.87. The Kier molecular flexibility index (Phi) is 46.2. The monoisotopic (exact) mass is 2030 g/mol. The fraction of sp³-hybridized carbons (Fsp3) is 0.571. The smallest absolute Gasteiger partial charge is 0.328 e. The van der Waals surface area contributed by atoms with Crippen LogP contribution in [0.1, 0.15) is 134 Å². The number of rotatable bonds is 41. The molecule has 4 aromatic rings. The van der Waals surface area contributed by atoms with E-state index in [0.29, 0.717) is 48.6 Å². The number of phenolic OH excluding ortho intramolecular Hbond substituents is 1. The zero-order valence-corrected chi connectivity index (χ0v) is 84.5. The highest BCUT2D eigenvalue weighted by Crippen LogP contribution is 2.50. The van der Waals surface area contributed by atoms with Crippen molar-refractivity contribution in [2.75, 3.05) is 122 Å². The summed E-state index contributed by atoms with van der Waals surface area (Å²) in [7, 11) is 10.8. The van der Waals surface area contributed by atoms with E-state index in [2.05, 4.69) is 42.5 Å². The number of esters is 2. The molecule has 4 aromatic carbocycles. The van der Waals surface area contributed by atoms with Gasteiger partial charge in [-0.1, -0.05) is 158 Å². The number of hydrogen-bond acceptors (Lipinski definition) is 31. The normalized spacial score (nSPS) is 25.3. The highest BCUT2D eigenvalue weighted by Gasteiger charge is 2.65. The van der Waals surface area contributed by atoms with Gasteiger partial charge in [-0.2, -0.15) is 0 Å². The van der Waals surface area contributed by atoms with E-state index < -0.39 is 167 Å². The Morgan fingerprint density at radius 2 is 1.46 bits per heavy atom. The van der Waals surface area contributed by atoms with Crippen LogP contribution < -0.4 is 63.6 Å². The second-order valence-corrected chi connectivity index (χ2v) is 41.4. The van der Waals surface area contributed by atoms with Gasteiger partial charge in [-0.3, -0.25) is 52.7 Å². The molecule has 36 nitrogen and oxygen atoms in total. The van der Waals surface area contributed by atoms with E-state index in [9.17, 15) is 68.4 Å². The first-order chi connectivity index (χ1) is 66.4. The number of fused-ring (bicyclic) bond motifs is 6. The summed E-state index contributed by atoms with van der Waals surface area (Å²) in [4.78, 5) is 173. The number of ketones is 1. The number of aromatic hydroxyl groups is 1. The van der Waals surface area contributed by atoms with Crippen LogP contribution in [0.5, 0.6) is 11.5 Å². The summed E-state index contributed by atoms with van der Waals surface area (Å²) in [5, 5.41) is 67.2. The van der Waals surface area contributed by atoms with Gasteiger partial charge in [-0.05, 0) is 163 Å². The molecule has 139 heavy (non-hydrogen) atoms. The maximum Gasteiger partial charge on any atom is 0.328 e. The van der Waals surface area contributed by atoms with Gasteiger partial charge in [0.15, 0.2) is 5.78 Å². The number of anilines is 1. The lowest BCUT2D eigenvalue weighted by molar-refractivity contribution is -0.187. The third-order valence-electron chi connectivity index (χ3n) is 25.0. The second-order valence-electron chi connectivity index (χ2n) is 35.8. The molecule has 764 valence electrons. The van der Waals surface area contributed by atoms with Crippen LogP contribution in [0, 0.1) is 11.8 Å². The number of methoxy groups -OCH3 is 2. The molecule has 41 heteroatoms. The number of aliphatic hydroxyl groups is 3. The number of phenols is 1. The molecule has 9 rings (SSSR count). The summed E-state index contributed by atoms with van der Waals surface area (Å²) in [5.41, 5.74) is 15.9. The SMILES string of the molecule is COc1cc2cc(c1Cl)N(C)C(=O)C[C@H](OC(=O)[C@H](C)N(C)C(=O)CCSSCCC(=O)NCCOCCOCCOCCNC(=O)[C@@H](NC(=O)[C@@H]1CSSC[C@H](NC(=O)[C@H](N)Cc3ccccc3)C(=O)C[C@@H](Cc3ccc(O)cc3)CN[C@H](CC3=CCc4ccccc43)C(=O)N[C@@H](CCCCN)C(=O)N[C@@H]([C@@H](C)O)C(=O)N1)[C@@H](C)O)[C@]1(C)O[C@H]1[C@H](C)[C@@H]1C[C@@](O)(CC(=O)O1)[C@H](OC)/C=C/C=C(\C)C2. The summed E-state index contributed by atoms with van der Waals surface area (Å²) in [6.45, 7) is 10.7. The number of nitrogens with zero attached hydrogens (tertiary/aromatic N) is 2. The largest absolute Gasteiger partial charge is 0.508 e. The van der Waals surface area contributed by atoms with Gasteiger partial charge >= 0.3 is 11.9 Å². The lowest BCUT2D eigenvalue weighted by Gasteiger charge is -2.41. The summed E-state index contributed by atoms with van der Waals surface area (Å²) in [5.74, 6) is -8.12. The number of benzene rings is 4. The number of unbranched alkanes of at least 4 members (excludes halogenated alkanes) is 1. The molecule has 3 fully saturated rings. The number of aliphatic hydroxyl groups excluding tert-OH is 2. The van der Waals surface area contributed by atoms with Gasteiger partial charge in [0.25, 0.3) is 0 Å². The lowest BCUT2D eigenvalue weighted by Crippen LogP contribution is -2.62. The molecule has 4 heterocycles. The number of hydrogen-bond donors (Lipinski definition) is 14. The van der Waals surface area contributed by atoms with E-state index in [1.165, 1.54) is 85.6 Å². The number of carbonyl (C=O) groups is 12. The fourth-order valence-corrected chi connectivity index (χ4v) is 21.3. The Morgan fingerprint density at radius 3 is 2.14 bits per heavy atom. The van der Waals surface area contributed by atoms with E-state index >= 15 is 9.59 Å². The molecule has 3 saturated heterocycles. The molecule has 4 bridgehead atoms. The highest BCUT2D eigenvalue weighted by atomic mass is 35.5. The van der Waals surface area contributed by atoms with E-state index in [1.807, 2.05) is 73.7 Å². The van der Waals surface area contributed by atoms with Crippen molar-refractivity contribution in [2.45, 2.75) is 228 Å². The van der Waals surface area contributed by atoms with Crippen LogP contribution in [-0.4, -0.2) is 310 Å². The average molecular weight is 2030 g/mol. The molecule has 0 radical (unpaired) electrons. The molecule has 0 saturated carbocycles. The van der Waals surface area contributed by atoms with Crippen LogP contribution in [0.2, 0.25) is 5.02 Å². The predicted octanol–water partition coefficient (Wildman–Crippen LogP) is 5.00. The maximum absolute atomic E-state index is 15.0. The van der Waals surface area contributed by atoms with Crippen molar-refractivity contribution < 1.29 is 116 Å². The van der Waals surface area contributed by atoms with E-state index in [1.54, 1.807) is 57.3 Å². The van der Waals surface area contributed by atoms with Gasteiger partial charge in [0, 0.05) is 88.9 Å². The van der Waals surface area contributed by atoms with Crippen LogP contribution in [0.3, 0.4) is 0 Å². The maximum atomic E-state index is 15.0. The second kappa shape index (κ2) is 56.6. The third kappa shape index (κ3) is 34.8. The number of Topliss-reactive ketones (excluding diaryl/α,β-unsaturated/α-hetero) is 1. The standard InChI is InChI=1S/C98H137ClN12O24S4/c1-58-19-18-25-80(129-10)98(127)53-79(133-85(119)54-98)59(2)89-97(6,135-89)81(52-84(118)111(8)76-48-65(45-58)50-78(128-9)86(76)99)134-96(126)60(3)110(7)83(117)33-44-137-136-43-32-82(116)102-35-37-130-39-41-132-42-40-131-38-36-103-94(124)87(61(4)112)108-93(123)75-57-139-138-56-74(106-90(120)71(101)47-63-20-12-11-13-21-63)77(115)49-66(46-64-26-30-69(114)31-27-64)55-104-73(51-68-29-28-67-22-14-15-23-70(67)68)92(122)105-72(24-16-17-34-100)91(121)109-88(62(5)113)95(125)107-75/h11-15,18-23,25-27,29-31,48,50,59-62,66,71-75,79-81,87-89,104,112-114,127H,16-17,24,28,32-47,49,51-57,100-101H2,1-10H3,(H,102,116)(H,103,124)(H,105,122)(H,106,120)(H,107,125)(H,108,123)(H,109,121)/b25-18+,58-19+/t59-,60+,61-,62-,66-,71-,72+,73-,74+,75+,79+,80-,81+,87+,88+,89+,97+,98-/m1/s1. The van der Waals surface area contributed by atoms with Crippen LogP contribution in [0.15, 0.2) is 121 Å². The number of allylic oxidation sites excluding steroid dienone is 4. The van der Waals surface area contributed by atoms with Crippen LogP contribution in [0.25, 0.3) is 5.57 Å². The number of halogens is 1. The number of likely N-dealkylation sites (N-methyl/N-ethyl adjacent to an activating group) is 1. The van der Waals surface area contributed by atoms with Gasteiger partial charge in [0.05, 0.1) is 102 Å². The molecule has 0 spiro atoms. The van der Waals surface area contributed by atoms with Gasteiger partial charge < -0.3 is 122 Å².